The summed E-state index contributed by atoms with van der Waals surface area (Å²) in [6.07, 6.45) is 77.7. The molecule has 0 aromatic heterocycles. The Morgan fingerprint density at radius 2 is 0.602 bits per heavy atom. The van der Waals surface area contributed by atoms with E-state index in [1.54, 1.807) is 6.08 Å². The normalized spacial score (nSPS) is 14.7. The molecule has 0 rings (SSSR count). The monoisotopic (exact) mass is 1410 g/mol. The number of hydrogen-bond donors (Lipinski definition) is 3. The largest absolute Gasteiger partial charge is 0.472 e. The molecule has 0 saturated heterocycles. The van der Waals surface area contributed by atoms with E-state index in [4.69, 9.17) is 37.0 Å². The number of aliphatic hydroxyl groups excluding tert-OH is 1. The highest BCUT2D eigenvalue weighted by Gasteiger charge is 2.30. The molecule has 0 radical (unpaired) electrons. The molecule has 0 aliphatic rings. The molecule has 0 spiro atoms. The Kier molecular flexibility index (Phi) is 67.2. The standard InChI is InChI=1S/C79H132O17P2/c1-5-9-13-17-21-25-29-32-34-35-36-37-39-42-45-48-52-56-60-64-77(82)89-69-74(95-78(83)65-61-57-53-49-43-28-24-20-16-12-8-4)71-93-97(85,86)91-67-73(80)68-92-98(87,88)94-72-75(96-79(84)66-62-58-54-50-46-40-31-27-23-19-15-11-7-3)70-90-76(81)63-59-55-51-47-44-41-38-33-30-26-22-18-14-10-6-2/h10,14-15,19-22,24-27,31-34,36-38,44,47,55,59,73-75,80H,5-9,11-13,16-18,23,28-30,35,39-43,45-46,48-54,56-58,60-72H2,1-4H3,(H,85,86)(H,87,88)/b14-10-,19-15-,24-20-,25-21-,26-22-,31-27-,34-32-,37-36-,38-33-,47-44-,59-55-. The maximum absolute atomic E-state index is 13.1. The molecule has 0 aliphatic carbocycles. The zero-order chi connectivity index (χ0) is 71.8. The molecule has 0 fully saturated rings. The van der Waals surface area contributed by atoms with Crippen LogP contribution in [0.4, 0.5) is 0 Å². The van der Waals surface area contributed by atoms with E-state index in [-0.39, 0.29) is 25.7 Å². The summed E-state index contributed by atoms with van der Waals surface area (Å²) < 4.78 is 68.2. The van der Waals surface area contributed by atoms with Gasteiger partial charge in [0.05, 0.1) is 32.8 Å². The van der Waals surface area contributed by atoms with Gasteiger partial charge in [-0.25, -0.2) is 9.13 Å². The molecule has 17 nitrogen and oxygen atoms in total. The molecule has 0 aromatic carbocycles. The molecule has 3 N–H and O–H groups in total. The minimum Gasteiger partial charge on any atom is -0.462 e. The van der Waals surface area contributed by atoms with E-state index < -0.39 is 97.5 Å². The van der Waals surface area contributed by atoms with Crippen LogP contribution in [0.3, 0.4) is 0 Å². The van der Waals surface area contributed by atoms with E-state index in [1.807, 2.05) is 18.2 Å². The van der Waals surface area contributed by atoms with Crippen LogP contribution in [0.2, 0.25) is 0 Å². The number of carbonyl (C=O) groups is 4. The van der Waals surface area contributed by atoms with E-state index in [1.165, 1.54) is 32.1 Å². The minimum atomic E-state index is -5.00. The highest BCUT2D eigenvalue weighted by molar-refractivity contribution is 7.47. The Hall–Kier alpha value is -4.80. The first-order chi connectivity index (χ1) is 47.7. The van der Waals surface area contributed by atoms with Crippen molar-refractivity contribution < 1.29 is 80.2 Å². The van der Waals surface area contributed by atoms with Crippen LogP contribution in [0, 0.1) is 0 Å². The fourth-order valence-corrected chi connectivity index (χ4v) is 11.0. The van der Waals surface area contributed by atoms with Gasteiger partial charge in [0.15, 0.2) is 12.2 Å². The first-order valence-corrected chi connectivity index (χ1v) is 40.4. The van der Waals surface area contributed by atoms with Crippen LogP contribution in [-0.2, 0) is 65.4 Å². The summed E-state index contributed by atoms with van der Waals surface area (Å²) in [7, 11) is -9.98. The Labute approximate surface area is 593 Å². The van der Waals surface area contributed by atoms with Gasteiger partial charge in [-0.05, 0) is 135 Å². The summed E-state index contributed by atoms with van der Waals surface area (Å²) in [5.41, 5.74) is 0. The fourth-order valence-electron chi connectivity index (χ4n) is 9.38. The van der Waals surface area contributed by atoms with E-state index >= 15 is 0 Å². The fraction of sp³-hybridized carbons (Fsp3) is 0.671. The molecule has 19 heteroatoms. The molecule has 5 atom stereocenters. The Morgan fingerprint density at radius 1 is 0.306 bits per heavy atom. The molecule has 0 saturated carbocycles. The van der Waals surface area contributed by atoms with Crippen LogP contribution in [-0.4, -0.2) is 96.7 Å². The van der Waals surface area contributed by atoms with Crippen LogP contribution < -0.4 is 0 Å². The maximum atomic E-state index is 13.1. The van der Waals surface area contributed by atoms with Gasteiger partial charge in [0.2, 0.25) is 0 Å². The lowest BCUT2D eigenvalue weighted by molar-refractivity contribution is -0.161. The number of phosphoric acid groups is 2. The summed E-state index contributed by atoms with van der Waals surface area (Å²) in [6.45, 7) is 4.45. The minimum absolute atomic E-state index is 0.0558. The highest BCUT2D eigenvalue weighted by atomic mass is 31.2. The second kappa shape index (κ2) is 70.6. The first-order valence-electron chi connectivity index (χ1n) is 37.4. The molecule has 0 aromatic rings. The Bertz CT molecular complexity index is 2380. The summed E-state index contributed by atoms with van der Waals surface area (Å²) in [5.74, 6) is -2.37. The molecular weight excluding hydrogens is 1280 g/mol. The van der Waals surface area contributed by atoms with Crippen molar-refractivity contribution in [1.29, 1.82) is 0 Å². The second-order valence-corrected chi connectivity index (χ2v) is 27.4. The van der Waals surface area contributed by atoms with Crippen LogP contribution >= 0.6 is 15.6 Å². The van der Waals surface area contributed by atoms with E-state index in [0.717, 1.165) is 173 Å². The predicted octanol–water partition coefficient (Wildman–Crippen LogP) is 21.3. The molecule has 0 amide bonds. The number of rotatable bonds is 69. The van der Waals surface area contributed by atoms with Crippen LogP contribution in [0.1, 0.15) is 285 Å². The third-order valence-corrected chi connectivity index (χ3v) is 17.0. The average molecular weight is 1420 g/mol. The van der Waals surface area contributed by atoms with E-state index in [2.05, 4.69) is 137 Å². The highest BCUT2D eigenvalue weighted by Crippen LogP contribution is 2.45. The van der Waals surface area contributed by atoms with Crippen molar-refractivity contribution >= 4 is 39.5 Å². The summed E-state index contributed by atoms with van der Waals surface area (Å²) >= 11 is 0. The molecular formula is C79H132O17P2. The van der Waals surface area contributed by atoms with Gasteiger partial charge < -0.3 is 33.8 Å². The number of unbranched alkanes of at least 4 members (excludes halogenated alkanes) is 22. The lowest BCUT2D eigenvalue weighted by atomic mass is 10.1. The number of ether oxygens (including phenoxy) is 4. The molecule has 0 aliphatic heterocycles. The number of carbonyl (C=O) groups excluding carboxylic acids is 4. The molecule has 0 heterocycles. The molecule has 98 heavy (non-hydrogen) atoms. The zero-order valence-electron chi connectivity index (χ0n) is 60.9. The van der Waals surface area contributed by atoms with Gasteiger partial charge in [0.25, 0.3) is 0 Å². The third kappa shape index (κ3) is 69.7. The zero-order valence-corrected chi connectivity index (χ0v) is 62.7. The smallest absolute Gasteiger partial charge is 0.462 e. The number of hydrogen-bond acceptors (Lipinski definition) is 15. The molecule has 560 valence electrons. The lowest BCUT2D eigenvalue weighted by Crippen LogP contribution is -2.30. The average Bonchev–Trinajstić information content (AvgIpc) is 0.983. The van der Waals surface area contributed by atoms with Gasteiger partial charge in [-0.1, -0.05) is 258 Å². The Morgan fingerprint density at radius 3 is 0.990 bits per heavy atom. The van der Waals surface area contributed by atoms with Gasteiger partial charge in [0.1, 0.15) is 19.3 Å². The number of esters is 4. The first kappa shape index (κ1) is 93.2. The number of allylic oxidation sites excluding steroid dienone is 21. The molecule has 5 unspecified atom stereocenters. The number of phosphoric ester groups is 2. The predicted molar refractivity (Wildman–Crippen MR) is 399 cm³/mol. The van der Waals surface area contributed by atoms with Crippen LogP contribution in [0.25, 0.3) is 0 Å². The SMILES string of the molecule is CC/C=C\C/C=C\C/C=C\C/C=C\C/C=C\CC(=O)OCC(COP(=O)(O)OCC(O)COP(=O)(O)OCC(COC(=O)CCCCCCCC/C=C\C/C=C\C/C=C\CCCCC)OC(=O)CCCCCCC/C=C\CCCC)OC(=O)CCCCCCC/C=C\C/C=C\CCC. The third-order valence-electron chi connectivity index (χ3n) is 15.1. The van der Waals surface area contributed by atoms with Crippen molar-refractivity contribution in [3.8, 4) is 0 Å². The van der Waals surface area contributed by atoms with Crippen molar-refractivity contribution in [1.82, 2.24) is 0 Å². The molecule has 0 bridgehead atoms. The van der Waals surface area contributed by atoms with Gasteiger partial charge in [-0.3, -0.25) is 37.3 Å². The van der Waals surface area contributed by atoms with Gasteiger partial charge in [0, 0.05) is 19.3 Å². The Balaban J connectivity index is 5.39. The van der Waals surface area contributed by atoms with Gasteiger partial charge in [-0.15, -0.1) is 0 Å². The van der Waals surface area contributed by atoms with Gasteiger partial charge >= 0.3 is 39.5 Å². The lowest BCUT2D eigenvalue weighted by Gasteiger charge is -2.21. The van der Waals surface area contributed by atoms with Crippen molar-refractivity contribution in [3.05, 3.63) is 134 Å². The summed E-state index contributed by atoms with van der Waals surface area (Å²) in [5, 5.41) is 10.6. The van der Waals surface area contributed by atoms with Crippen LogP contribution in [0.5, 0.6) is 0 Å². The second-order valence-electron chi connectivity index (χ2n) is 24.5. The summed E-state index contributed by atoms with van der Waals surface area (Å²) in [4.78, 5) is 72.7. The quantitative estimate of drug-likeness (QED) is 0.0169. The van der Waals surface area contributed by atoms with Crippen LogP contribution in [0.15, 0.2) is 134 Å². The van der Waals surface area contributed by atoms with Crippen molar-refractivity contribution in [2.24, 2.45) is 0 Å². The van der Waals surface area contributed by atoms with E-state index in [0.29, 0.717) is 25.7 Å². The van der Waals surface area contributed by atoms with Crippen molar-refractivity contribution in [2.75, 3.05) is 39.6 Å². The number of aliphatic hydroxyl groups is 1. The maximum Gasteiger partial charge on any atom is 0.472 e. The van der Waals surface area contributed by atoms with E-state index in [9.17, 15) is 43.2 Å². The van der Waals surface area contributed by atoms with Crippen molar-refractivity contribution in [2.45, 2.75) is 303 Å². The summed E-state index contributed by atoms with van der Waals surface area (Å²) in [6, 6.07) is 0. The topological polar surface area (TPSA) is 237 Å². The van der Waals surface area contributed by atoms with Gasteiger partial charge in [-0.2, -0.15) is 0 Å². The van der Waals surface area contributed by atoms with Crippen molar-refractivity contribution in [3.63, 3.8) is 0 Å².